The summed E-state index contributed by atoms with van der Waals surface area (Å²) in [5, 5.41) is 10.3. The molecule has 0 unspecified atom stereocenters. The van der Waals surface area contributed by atoms with Gasteiger partial charge < -0.3 is 15.1 Å². The Kier molecular flexibility index (Phi) is 6.16. The minimum Gasteiger partial charge on any atom is -0.334 e. The van der Waals surface area contributed by atoms with E-state index in [4.69, 9.17) is 0 Å². The second-order valence-corrected chi connectivity index (χ2v) is 7.76. The Balaban J connectivity index is 1.68. The van der Waals surface area contributed by atoms with Gasteiger partial charge in [-0.1, -0.05) is 24.3 Å². The Morgan fingerprint density at radius 3 is 2.63 bits per heavy atom. The molecule has 1 aromatic heterocycles. The van der Waals surface area contributed by atoms with Gasteiger partial charge in [-0.05, 0) is 58.3 Å². The number of aromatic nitrogens is 2. The first-order valence-corrected chi connectivity index (χ1v) is 9.74. The standard InChI is InChI=1S/C21H31N5O/c1-15-19(16(2)24-23-15)13-22-21(27)26-12-6-5-7-20(26)18-10-8-17(9-11-18)14-25(3)4/h8-11,20H,5-7,12-14H2,1-4H3,(H,22,27)(H,23,24)/t20-/m0/s1. The van der Waals surface area contributed by atoms with Crippen LogP contribution in [0, 0.1) is 13.8 Å². The van der Waals surface area contributed by atoms with Gasteiger partial charge in [0.05, 0.1) is 11.7 Å². The number of benzene rings is 1. The van der Waals surface area contributed by atoms with E-state index < -0.39 is 0 Å². The van der Waals surface area contributed by atoms with E-state index in [0.29, 0.717) is 6.54 Å². The second kappa shape index (κ2) is 8.57. The SMILES string of the molecule is Cc1n[nH]c(C)c1CNC(=O)N1CCCC[C@H]1c1ccc(CN(C)C)cc1. The molecule has 2 aromatic rings. The molecule has 1 atom stereocenters. The number of H-pyrrole nitrogens is 1. The van der Waals surface area contributed by atoms with Crippen LogP contribution < -0.4 is 5.32 Å². The fourth-order valence-electron chi connectivity index (χ4n) is 3.83. The molecule has 0 saturated carbocycles. The van der Waals surface area contributed by atoms with Crippen molar-refractivity contribution in [2.75, 3.05) is 20.6 Å². The molecule has 1 aliphatic rings. The zero-order chi connectivity index (χ0) is 19.4. The average molecular weight is 370 g/mol. The predicted molar refractivity (Wildman–Crippen MR) is 107 cm³/mol. The number of carbonyl (C=O) groups is 1. The van der Waals surface area contributed by atoms with E-state index in [1.807, 2.05) is 18.7 Å². The minimum absolute atomic E-state index is 0.0112. The van der Waals surface area contributed by atoms with Gasteiger partial charge in [-0.2, -0.15) is 5.10 Å². The highest BCUT2D eigenvalue weighted by Gasteiger charge is 2.28. The summed E-state index contributed by atoms with van der Waals surface area (Å²) in [7, 11) is 4.15. The van der Waals surface area contributed by atoms with Crippen molar-refractivity contribution >= 4 is 6.03 Å². The van der Waals surface area contributed by atoms with Crippen LogP contribution in [0.5, 0.6) is 0 Å². The molecule has 6 nitrogen and oxygen atoms in total. The lowest BCUT2D eigenvalue weighted by molar-refractivity contribution is 0.151. The van der Waals surface area contributed by atoms with Crippen LogP contribution in [0.2, 0.25) is 0 Å². The molecule has 1 aliphatic heterocycles. The van der Waals surface area contributed by atoms with Crippen LogP contribution in [0.1, 0.15) is 53.4 Å². The normalized spacial score (nSPS) is 17.4. The largest absolute Gasteiger partial charge is 0.334 e. The molecule has 2 heterocycles. The number of piperidine rings is 1. The molecule has 3 rings (SSSR count). The summed E-state index contributed by atoms with van der Waals surface area (Å²) < 4.78 is 0. The summed E-state index contributed by atoms with van der Waals surface area (Å²) in [6.45, 7) is 6.19. The third-order valence-corrected chi connectivity index (χ3v) is 5.32. The van der Waals surface area contributed by atoms with Crippen molar-refractivity contribution in [1.29, 1.82) is 0 Å². The number of aryl methyl sites for hydroxylation is 2. The molecule has 1 fully saturated rings. The molecule has 1 aromatic carbocycles. The highest BCUT2D eigenvalue weighted by Crippen LogP contribution is 2.31. The molecule has 2 N–H and O–H groups in total. The number of urea groups is 1. The molecular formula is C21H31N5O. The molecule has 0 aliphatic carbocycles. The lowest BCUT2D eigenvalue weighted by atomic mass is 9.95. The fraction of sp³-hybridized carbons (Fsp3) is 0.524. The van der Waals surface area contributed by atoms with E-state index in [-0.39, 0.29) is 12.1 Å². The monoisotopic (exact) mass is 369 g/mol. The maximum Gasteiger partial charge on any atom is 0.318 e. The lowest BCUT2D eigenvalue weighted by Gasteiger charge is -2.36. The van der Waals surface area contributed by atoms with Crippen molar-refractivity contribution in [3.8, 4) is 0 Å². The maximum absolute atomic E-state index is 12.9. The second-order valence-electron chi connectivity index (χ2n) is 7.76. The first-order valence-electron chi connectivity index (χ1n) is 9.74. The third-order valence-electron chi connectivity index (χ3n) is 5.32. The van der Waals surface area contributed by atoms with Crippen LogP contribution in [-0.2, 0) is 13.1 Å². The number of nitrogens with one attached hydrogen (secondary N) is 2. The first-order chi connectivity index (χ1) is 13.0. The summed E-state index contributed by atoms with van der Waals surface area (Å²) >= 11 is 0. The minimum atomic E-state index is 0.0112. The molecule has 0 spiro atoms. The summed E-state index contributed by atoms with van der Waals surface area (Å²) in [5.41, 5.74) is 5.55. The van der Waals surface area contributed by atoms with E-state index >= 15 is 0 Å². The third kappa shape index (κ3) is 4.69. The molecule has 6 heteroatoms. The van der Waals surface area contributed by atoms with Crippen molar-refractivity contribution in [1.82, 2.24) is 25.3 Å². The van der Waals surface area contributed by atoms with Gasteiger partial charge in [0.15, 0.2) is 0 Å². The molecule has 0 radical (unpaired) electrons. The highest BCUT2D eigenvalue weighted by molar-refractivity contribution is 5.75. The Morgan fingerprint density at radius 1 is 1.26 bits per heavy atom. The van der Waals surface area contributed by atoms with Crippen LogP contribution >= 0.6 is 0 Å². The van der Waals surface area contributed by atoms with Gasteiger partial charge in [0, 0.05) is 30.9 Å². The fourth-order valence-corrected chi connectivity index (χ4v) is 3.83. The molecule has 0 bridgehead atoms. The van der Waals surface area contributed by atoms with Gasteiger partial charge in [-0.3, -0.25) is 5.10 Å². The van der Waals surface area contributed by atoms with Crippen molar-refractivity contribution in [2.45, 2.75) is 52.2 Å². The Hall–Kier alpha value is -2.34. The Bertz CT molecular complexity index is 746. The summed E-state index contributed by atoms with van der Waals surface area (Å²) in [6, 6.07) is 8.88. The molecule has 1 saturated heterocycles. The molecule has 27 heavy (non-hydrogen) atoms. The van der Waals surface area contributed by atoms with E-state index in [1.54, 1.807) is 0 Å². The van der Waals surface area contributed by atoms with Crippen LogP contribution in [0.15, 0.2) is 24.3 Å². The average Bonchev–Trinajstić information content (AvgIpc) is 2.98. The van der Waals surface area contributed by atoms with Gasteiger partial charge >= 0.3 is 6.03 Å². The number of nitrogens with zero attached hydrogens (tertiary/aromatic N) is 3. The van der Waals surface area contributed by atoms with Crippen LogP contribution in [-0.4, -0.2) is 46.7 Å². The molecule has 2 amide bonds. The molecular weight excluding hydrogens is 338 g/mol. The van der Waals surface area contributed by atoms with Crippen LogP contribution in [0.25, 0.3) is 0 Å². The van der Waals surface area contributed by atoms with Gasteiger partial charge in [-0.25, -0.2) is 4.79 Å². The number of aromatic amines is 1. The van der Waals surface area contributed by atoms with Crippen molar-refractivity contribution in [3.63, 3.8) is 0 Å². The smallest absolute Gasteiger partial charge is 0.318 e. The summed E-state index contributed by atoms with van der Waals surface area (Å²) in [6.07, 6.45) is 3.24. The number of amides is 2. The number of rotatable bonds is 5. The number of hydrogen-bond acceptors (Lipinski definition) is 3. The van der Waals surface area contributed by atoms with Crippen LogP contribution in [0.4, 0.5) is 4.79 Å². The van der Waals surface area contributed by atoms with E-state index in [2.05, 4.69) is 58.8 Å². The lowest BCUT2D eigenvalue weighted by Crippen LogP contribution is -2.44. The van der Waals surface area contributed by atoms with Gasteiger partial charge in [0.1, 0.15) is 0 Å². The zero-order valence-electron chi connectivity index (χ0n) is 16.9. The Labute approximate surface area is 161 Å². The summed E-state index contributed by atoms with van der Waals surface area (Å²) in [5.74, 6) is 0. The van der Waals surface area contributed by atoms with Gasteiger partial charge in [0.25, 0.3) is 0 Å². The van der Waals surface area contributed by atoms with E-state index in [0.717, 1.165) is 49.3 Å². The number of likely N-dealkylation sites (tertiary alicyclic amines) is 1. The topological polar surface area (TPSA) is 64.3 Å². The zero-order valence-corrected chi connectivity index (χ0v) is 16.9. The van der Waals surface area contributed by atoms with Crippen molar-refractivity contribution in [3.05, 3.63) is 52.3 Å². The van der Waals surface area contributed by atoms with E-state index in [9.17, 15) is 4.79 Å². The van der Waals surface area contributed by atoms with Crippen molar-refractivity contribution in [2.24, 2.45) is 0 Å². The maximum atomic E-state index is 12.9. The van der Waals surface area contributed by atoms with Crippen LogP contribution in [0.3, 0.4) is 0 Å². The number of carbonyl (C=O) groups excluding carboxylic acids is 1. The quantitative estimate of drug-likeness (QED) is 0.847. The van der Waals surface area contributed by atoms with E-state index in [1.165, 1.54) is 11.1 Å². The van der Waals surface area contributed by atoms with Gasteiger partial charge in [0.2, 0.25) is 0 Å². The molecule has 146 valence electrons. The number of hydrogen-bond donors (Lipinski definition) is 2. The Morgan fingerprint density at radius 2 is 2.00 bits per heavy atom. The summed E-state index contributed by atoms with van der Waals surface area (Å²) in [4.78, 5) is 17.0. The van der Waals surface area contributed by atoms with Crippen molar-refractivity contribution < 1.29 is 4.79 Å². The predicted octanol–water partition coefficient (Wildman–Crippen LogP) is 3.52. The first kappa shape index (κ1) is 19.4. The van der Waals surface area contributed by atoms with Gasteiger partial charge in [-0.15, -0.1) is 0 Å². The highest BCUT2D eigenvalue weighted by atomic mass is 16.2.